The molecule has 1 unspecified atom stereocenters. The molecule has 106 valence electrons. The predicted molar refractivity (Wildman–Crippen MR) is 69.9 cm³/mol. The third-order valence-corrected chi connectivity index (χ3v) is 2.81. The zero-order chi connectivity index (χ0) is 14.5. The fourth-order valence-electron chi connectivity index (χ4n) is 1.83. The van der Waals surface area contributed by atoms with Gasteiger partial charge in [0, 0.05) is 12.4 Å². The molecule has 0 radical (unpaired) electrons. The van der Waals surface area contributed by atoms with Crippen LogP contribution in [-0.4, -0.2) is 18.7 Å². The van der Waals surface area contributed by atoms with Gasteiger partial charge in [-0.25, -0.2) is 0 Å². The number of nitrogens with zero attached hydrogens (tertiary/aromatic N) is 1. The molecule has 0 saturated heterocycles. The minimum Gasteiger partial charge on any atom is -0.493 e. The van der Waals surface area contributed by atoms with Gasteiger partial charge >= 0.3 is 6.61 Å². The quantitative estimate of drug-likeness (QED) is 0.915. The minimum absolute atomic E-state index is 0.0423. The first-order valence-electron chi connectivity index (χ1n) is 5.90. The topological polar surface area (TPSA) is 57.4 Å². The Hall–Kier alpha value is -2.21. The number of pyridine rings is 1. The van der Waals surface area contributed by atoms with Gasteiger partial charge in [0.05, 0.1) is 13.2 Å². The van der Waals surface area contributed by atoms with Gasteiger partial charge < -0.3 is 15.2 Å². The van der Waals surface area contributed by atoms with Crippen LogP contribution in [0.25, 0.3) is 0 Å². The van der Waals surface area contributed by atoms with Crippen molar-refractivity contribution in [3.8, 4) is 11.5 Å². The number of hydrogen-bond donors (Lipinski definition) is 1. The van der Waals surface area contributed by atoms with E-state index in [1.807, 2.05) is 6.07 Å². The number of hydrogen-bond acceptors (Lipinski definition) is 4. The highest BCUT2D eigenvalue weighted by atomic mass is 19.3. The summed E-state index contributed by atoms with van der Waals surface area (Å²) in [6.45, 7) is -2.92. The van der Waals surface area contributed by atoms with Crippen LogP contribution in [0.1, 0.15) is 17.2 Å². The third-order valence-electron chi connectivity index (χ3n) is 2.81. The Labute approximate surface area is 115 Å². The first kappa shape index (κ1) is 14.2. The zero-order valence-electron chi connectivity index (χ0n) is 10.8. The second-order valence-corrected chi connectivity index (χ2v) is 4.05. The lowest BCUT2D eigenvalue weighted by atomic mass is 10.0. The van der Waals surface area contributed by atoms with E-state index in [4.69, 9.17) is 10.5 Å². The summed E-state index contributed by atoms with van der Waals surface area (Å²) >= 11 is 0. The molecule has 0 spiro atoms. The number of halogens is 2. The summed E-state index contributed by atoms with van der Waals surface area (Å²) in [6.07, 6.45) is 3.26. The molecule has 6 heteroatoms. The molecule has 0 aliphatic heterocycles. The minimum atomic E-state index is -2.92. The van der Waals surface area contributed by atoms with Gasteiger partial charge in [-0.05, 0) is 29.3 Å². The van der Waals surface area contributed by atoms with Gasteiger partial charge in [0.2, 0.25) is 0 Å². The van der Waals surface area contributed by atoms with E-state index in [-0.39, 0.29) is 11.5 Å². The lowest BCUT2D eigenvalue weighted by Crippen LogP contribution is -2.13. The van der Waals surface area contributed by atoms with E-state index in [1.54, 1.807) is 30.6 Å². The van der Waals surface area contributed by atoms with Gasteiger partial charge in [-0.2, -0.15) is 8.78 Å². The van der Waals surface area contributed by atoms with E-state index in [9.17, 15) is 8.78 Å². The van der Waals surface area contributed by atoms with Gasteiger partial charge in [-0.15, -0.1) is 0 Å². The Bertz CT molecular complexity index is 564. The smallest absolute Gasteiger partial charge is 0.387 e. The fourth-order valence-corrected chi connectivity index (χ4v) is 1.83. The molecule has 0 fully saturated rings. The highest BCUT2D eigenvalue weighted by Crippen LogP contribution is 2.32. The van der Waals surface area contributed by atoms with Crippen molar-refractivity contribution >= 4 is 0 Å². The van der Waals surface area contributed by atoms with E-state index >= 15 is 0 Å². The molecule has 2 aromatic rings. The van der Waals surface area contributed by atoms with Crippen molar-refractivity contribution in [1.29, 1.82) is 0 Å². The Kier molecular flexibility index (Phi) is 4.47. The molecule has 0 aliphatic carbocycles. The van der Waals surface area contributed by atoms with Crippen LogP contribution in [0.5, 0.6) is 11.5 Å². The van der Waals surface area contributed by atoms with Crippen LogP contribution in [0, 0.1) is 0 Å². The summed E-state index contributed by atoms with van der Waals surface area (Å²) in [6, 6.07) is 7.79. The maximum atomic E-state index is 12.4. The number of ether oxygens (including phenoxy) is 2. The maximum Gasteiger partial charge on any atom is 0.387 e. The van der Waals surface area contributed by atoms with Crippen molar-refractivity contribution in [2.75, 3.05) is 7.11 Å². The van der Waals surface area contributed by atoms with Crippen LogP contribution in [0.15, 0.2) is 42.7 Å². The van der Waals surface area contributed by atoms with E-state index < -0.39 is 12.7 Å². The zero-order valence-corrected chi connectivity index (χ0v) is 10.8. The molecular weight excluding hydrogens is 266 g/mol. The number of nitrogens with two attached hydrogens (primary N) is 1. The van der Waals surface area contributed by atoms with Crippen LogP contribution < -0.4 is 15.2 Å². The average molecular weight is 280 g/mol. The molecule has 1 atom stereocenters. The van der Waals surface area contributed by atoms with Crippen LogP contribution in [0.3, 0.4) is 0 Å². The molecule has 1 heterocycles. The Balaban J connectivity index is 2.33. The number of methoxy groups -OCH3 is 1. The normalized spacial score (nSPS) is 12.2. The first-order valence-corrected chi connectivity index (χ1v) is 5.90. The number of rotatable bonds is 5. The Morgan fingerprint density at radius 3 is 2.55 bits per heavy atom. The van der Waals surface area contributed by atoms with Crippen LogP contribution in [-0.2, 0) is 0 Å². The second kappa shape index (κ2) is 6.29. The Morgan fingerprint density at radius 1 is 1.15 bits per heavy atom. The fraction of sp³-hybridized carbons (Fsp3) is 0.214. The number of aromatic nitrogens is 1. The first-order chi connectivity index (χ1) is 9.61. The highest BCUT2D eigenvalue weighted by Gasteiger charge is 2.15. The largest absolute Gasteiger partial charge is 0.493 e. The van der Waals surface area contributed by atoms with Gasteiger partial charge in [0.25, 0.3) is 0 Å². The van der Waals surface area contributed by atoms with Crippen molar-refractivity contribution in [2.24, 2.45) is 5.73 Å². The van der Waals surface area contributed by atoms with Gasteiger partial charge in [0.1, 0.15) is 0 Å². The third kappa shape index (κ3) is 3.21. The molecule has 0 bridgehead atoms. The molecule has 1 aromatic carbocycles. The van der Waals surface area contributed by atoms with Gasteiger partial charge in [0.15, 0.2) is 11.5 Å². The monoisotopic (exact) mass is 280 g/mol. The van der Waals surface area contributed by atoms with E-state index in [0.717, 1.165) is 5.56 Å². The van der Waals surface area contributed by atoms with E-state index in [2.05, 4.69) is 9.72 Å². The van der Waals surface area contributed by atoms with Gasteiger partial charge in [-0.1, -0.05) is 12.1 Å². The maximum absolute atomic E-state index is 12.4. The van der Waals surface area contributed by atoms with Crippen molar-refractivity contribution in [2.45, 2.75) is 12.7 Å². The van der Waals surface area contributed by atoms with Crippen molar-refractivity contribution in [1.82, 2.24) is 4.98 Å². The molecule has 2 rings (SSSR count). The second-order valence-electron chi connectivity index (χ2n) is 4.05. The van der Waals surface area contributed by atoms with Crippen molar-refractivity contribution in [3.05, 3.63) is 53.9 Å². The standard InChI is InChI=1S/C14H14F2N2O2/c1-19-11-5-4-9(7-12(11)20-14(15)16)13(17)10-3-2-6-18-8-10/h2-8,13-14H,17H2,1H3. The molecule has 0 amide bonds. The van der Waals surface area contributed by atoms with Gasteiger partial charge in [-0.3, -0.25) is 4.98 Å². The van der Waals surface area contributed by atoms with E-state index in [0.29, 0.717) is 5.56 Å². The lowest BCUT2D eigenvalue weighted by molar-refractivity contribution is -0.0512. The summed E-state index contributed by atoms with van der Waals surface area (Å²) in [4.78, 5) is 3.98. The van der Waals surface area contributed by atoms with E-state index in [1.165, 1.54) is 13.2 Å². The summed E-state index contributed by atoms with van der Waals surface area (Å²) < 4.78 is 34.2. The molecule has 4 nitrogen and oxygen atoms in total. The average Bonchev–Trinajstić information content (AvgIpc) is 2.46. The molecular formula is C14H14F2N2O2. The summed E-state index contributed by atoms with van der Waals surface area (Å²) in [5.41, 5.74) is 7.50. The SMILES string of the molecule is COc1ccc(C(N)c2cccnc2)cc1OC(F)F. The predicted octanol–water partition coefficient (Wildman–Crippen LogP) is 2.74. The molecule has 0 aliphatic rings. The summed E-state index contributed by atoms with van der Waals surface area (Å²) in [5, 5.41) is 0. The molecule has 20 heavy (non-hydrogen) atoms. The number of alkyl halides is 2. The van der Waals surface area contributed by atoms with Crippen LogP contribution in [0.2, 0.25) is 0 Å². The van der Waals surface area contributed by atoms with Crippen molar-refractivity contribution in [3.63, 3.8) is 0 Å². The summed E-state index contributed by atoms with van der Waals surface area (Å²) in [5.74, 6) is 0.187. The highest BCUT2D eigenvalue weighted by molar-refractivity contribution is 5.45. The van der Waals surface area contributed by atoms with Crippen molar-refractivity contribution < 1.29 is 18.3 Å². The molecule has 0 saturated carbocycles. The molecule has 2 N–H and O–H groups in total. The van der Waals surface area contributed by atoms with Crippen LogP contribution >= 0.6 is 0 Å². The summed E-state index contributed by atoms with van der Waals surface area (Å²) in [7, 11) is 1.38. The van der Waals surface area contributed by atoms with Crippen LogP contribution in [0.4, 0.5) is 8.78 Å². The molecule has 1 aromatic heterocycles. The lowest BCUT2D eigenvalue weighted by Gasteiger charge is -2.15. The Morgan fingerprint density at radius 2 is 1.95 bits per heavy atom. The number of benzene rings is 1.